The second-order valence-electron chi connectivity index (χ2n) is 9.20. The van der Waals surface area contributed by atoms with Crippen LogP contribution in [0.4, 0.5) is 15.8 Å². The van der Waals surface area contributed by atoms with Gasteiger partial charge in [0.05, 0.1) is 28.7 Å². The SMILES string of the molecule is CN(C)CCN(C=O)c1ccc(-c2cc(F)cc(-c3cnc(CO)c(N4CCNCC4)c3)c2O)cc1Cl. The van der Waals surface area contributed by atoms with E-state index in [2.05, 4.69) is 15.2 Å². The Morgan fingerprint density at radius 3 is 2.43 bits per heavy atom. The summed E-state index contributed by atoms with van der Waals surface area (Å²) in [6.07, 6.45) is 2.25. The summed E-state index contributed by atoms with van der Waals surface area (Å²) in [5, 5.41) is 24.6. The number of hydrogen-bond acceptors (Lipinski definition) is 7. The van der Waals surface area contributed by atoms with E-state index >= 15 is 0 Å². The van der Waals surface area contributed by atoms with Crippen LogP contribution in [-0.4, -0.2) is 79.9 Å². The number of nitrogens with one attached hydrogen (secondary N) is 1. The molecular formula is C27H31ClFN5O3. The summed E-state index contributed by atoms with van der Waals surface area (Å²) < 4.78 is 14.8. The van der Waals surface area contributed by atoms with E-state index in [0.717, 1.165) is 38.3 Å². The van der Waals surface area contributed by atoms with Crippen LogP contribution in [-0.2, 0) is 11.4 Å². The summed E-state index contributed by atoms with van der Waals surface area (Å²) in [5.74, 6) is -0.645. The van der Waals surface area contributed by atoms with Crippen molar-refractivity contribution in [1.82, 2.24) is 15.2 Å². The maximum Gasteiger partial charge on any atom is 0.214 e. The number of likely N-dealkylation sites (N-methyl/N-ethyl adjacent to an activating group) is 1. The summed E-state index contributed by atoms with van der Waals surface area (Å²) in [4.78, 5) is 21.6. The van der Waals surface area contributed by atoms with Gasteiger partial charge in [-0.3, -0.25) is 9.78 Å². The number of aliphatic hydroxyl groups is 1. The summed E-state index contributed by atoms with van der Waals surface area (Å²) >= 11 is 6.52. The molecule has 0 saturated carbocycles. The molecule has 0 atom stereocenters. The Bertz CT molecular complexity index is 1270. The van der Waals surface area contributed by atoms with Gasteiger partial charge in [0.2, 0.25) is 6.41 Å². The van der Waals surface area contributed by atoms with Gasteiger partial charge < -0.3 is 30.2 Å². The monoisotopic (exact) mass is 527 g/mol. The second kappa shape index (κ2) is 11.9. The fourth-order valence-electron chi connectivity index (χ4n) is 4.41. The van der Waals surface area contributed by atoms with E-state index in [4.69, 9.17) is 11.6 Å². The number of aromatic nitrogens is 1. The molecule has 10 heteroatoms. The van der Waals surface area contributed by atoms with Crippen LogP contribution in [0.1, 0.15) is 5.69 Å². The van der Waals surface area contributed by atoms with Crippen molar-refractivity contribution >= 4 is 29.4 Å². The minimum atomic E-state index is -0.529. The van der Waals surface area contributed by atoms with Crippen molar-refractivity contribution in [3.8, 4) is 28.0 Å². The molecule has 0 radical (unpaired) electrons. The van der Waals surface area contributed by atoms with Gasteiger partial charge in [-0.25, -0.2) is 4.39 Å². The molecule has 196 valence electrons. The first-order chi connectivity index (χ1) is 17.8. The number of carbonyl (C=O) groups excluding carboxylic acids is 1. The van der Waals surface area contributed by atoms with Crippen molar-refractivity contribution in [2.75, 3.05) is 63.2 Å². The molecule has 3 N–H and O–H groups in total. The standard InChI is InChI=1S/C27H31ClFN5O3/c1-32(2)9-10-34(17-36)25-4-3-18(11-23(25)28)21-13-20(29)14-22(27(21)37)19-12-26(24(16-35)31-15-19)33-7-5-30-6-8-33/h3-4,11-15,17,30,35,37H,5-10,16H2,1-2H3. The summed E-state index contributed by atoms with van der Waals surface area (Å²) in [6.45, 7) is 3.99. The molecule has 2 heterocycles. The molecule has 0 spiro atoms. The van der Waals surface area contributed by atoms with E-state index in [-0.39, 0.29) is 23.5 Å². The van der Waals surface area contributed by atoms with Crippen LogP contribution >= 0.6 is 11.6 Å². The molecule has 37 heavy (non-hydrogen) atoms. The lowest BCUT2D eigenvalue weighted by Gasteiger charge is -2.31. The van der Waals surface area contributed by atoms with Crippen molar-refractivity contribution in [3.05, 3.63) is 59.1 Å². The van der Waals surface area contributed by atoms with Gasteiger partial charge in [0.25, 0.3) is 0 Å². The molecule has 1 aliphatic heterocycles. The number of halogens is 2. The number of phenols is 1. The first kappa shape index (κ1) is 26.8. The number of aliphatic hydroxyl groups excluding tert-OH is 1. The Balaban J connectivity index is 1.72. The van der Waals surface area contributed by atoms with Crippen LogP contribution in [0.3, 0.4) is 0 Å². The lowest BCUT2D eigenvalue weighted by atomic mass is 9.97. The van der Waals surface area contributed by atoms with Gasteiger partial charge in [0.15, 0.2) is 0 Å². The number of pyridine rings is 1. The van der Waals surface area contributed by atoms with E-state index in [9.17, 15) is 19.4 Å². The summed E-state index contributed by atoms with van der Waals surface area (Å²) in [7, 11) is 3.83. The third kappa shape index (κ3) is 6.02. The number of aromatic hydroxyl groups is 1. The van der Waals surface area contributed by atoms with E-state index in [0.29, 0.717) is 40.6 Å². The number of carbonyl (C=O) groups is 1. The number of benzene rings is 2. The average Bonchev–Trinajstić information content (AvgIpc) is 2.90. The second-order valence-corrected chi connectivity index (χ2v) is 9.61. The number of nitrogens with zero attached hydrogens (tertiary/aromatic N) is 4. The zero-order chi connectivity index (χ0) is 26.5. The van der Waals surface area contributed by atoms with Gasteiger partial charge in [-0.05, 0) is 50.0 Å². The molecule has 8 nitrogen and oxygen atoms in total. The Labute approximate surface area is 220 Å². The lowest BCUT2D eigenvalue weighted by molar-refractivity contribution is -0.107. The molecule has 1 saturated heterocycles. The minimum Gasteiger partial charge on any atom is -0.507 e. The van der Waals surface area contributed by atoms with Crippen LogP contribution in [0.15, 0.2) is 42.6 Å². The maximum atomic E-state index is 14.8. The van der Waals surface area contributed by atoms with Crippen LogP contribution < -0.4 is 15.1 Å². The van der Waals surface area contributed by atoms with Crippen molar-refractivity contribution in [1.29, 1.82) is 0 Å². The normalized spacial score (nSPS) is 13.7. The van der Waals surface area contributed by atoms with E-state index in [1.807, 2.05) is 25.1 Å². The number of amides is 1. The van der Waals surface area contributed by atoms with Gasteiger partial charge in [0, 0.05) is 62.2 Å². The van der Waals surface area contributed by atoms with Crippen LogP contribution in [0.5, 0.6) is 5.75 Å². The molecular weight excluding hydrogens is 497 g/mol. The number of piperazine rings is 1. The topological polar surface area (TPSA) is 92.2 Å². The van der Waals surface area contributed by atoms with Crippen molar-refractivity contribution in [2.24, 2.45) is 0 Å². The Morgan fingerprint density at radius 1 is 1.11 bits per heavy atom. The van der Waals surface area contributed by atoms with Crippen LogP contribution in [0.2, 0.25) is 5.02 Å². The number of phenolic OH excluding ortho intramolecular Hbond substituents is 1. The van der Waals surface area contributed by atoms with Crippen LogP contribution in [0, 0.1) is 5.82 Å². The van der Waals surface area contributed by atoms with Gasteiger partial charge in [-0.2, -0.15) is 0 Å². The Morgan fingerprint density at radius 2 is 1.81 bits per heavy atom. The minimum absolute atomic E-state index is 0.116. The predicted octanol–water partition coefficient (Wildman–Crippen LogP) is 3.34. The third-order valence-corrected chi connectivity index (χ3v) is 6.73. The van der Waals surface area contributed by atoms with Crippen molar-refractivity contribution < 1.29 is 19.4 Å². The fourth-order valence-corrected chi connectivity index (χ4v) is 4.70. The van der Waals surface area contributed by atoms with Gasteiger partial charge in [-0.1, -0.05) is 17.7 Å². The van der Waals surface area contributed by atoms with Crippen molar-refractivity contribution in [2.45, 2.75) is 6.61 Å². The van der Waals surface area contributed by atoms with Crippen LogP contribution in [0.25, 0.3) is 22.3 Å². The van der Waals surface area contributed by atoms with E-state index in [1.165, 1.54) is 23.2 Å². The molecule has 4 rings (SSSR count). The molecule has 1 aromatic heterocycles. The smallest absolute Gasteiger partial charge is 0.214 e. The summed E-state index contributed by atoms with van der Waals surface area (Å²) in [5.41, 5.74) is 3.40. The molecule has 1 fully saturated rings. The highest BCUT2D eigenvalue weighted by molar-refractivity contribution is 6.34. The number of anilines is 2. The molecule has 3 aromatic rings. The largest absolute Gasteiger partial charge is 0.507 e. The van der Waals surface area contributed by atoms with E-state index < -0.39 is 5.82 Å². The highest BCUT2D eigenvalue weighted by Gasteiger charge is 2.20. The van der Waals surface area contributed by atoms with Gasteiger partial charge >= 0.3 is 0 Å². The molecule has 1 aliphatic rings. The zero-order valence-electron chi connectivity index (χ0n) is 20.9. The summed E-state index contributed by atoms with van der Waals surface area (Å²) in [6, 6.07) is 9.34. The predicted molar refractivity (Wildman–Crippen MR) is 145 cm³/mol. The first-order valence-corrected chi connectivity index (χ1v) is 12.4. The first-order valence-electron chi connectivity index (χ1n) is 12.1. The quantitative estimate of drug-likeness (QED) is 0.368. The molecule has 1 amide bonds. The molecule has 0 aliphatic carbocycles. The highest BCUT2D eigenvalue weighted by Crippen LogP contribution is 2.41. The fraction of sp³-hybridized carbons (Fsp3) is 0.333. The highest BCUT2D eigenvalue weighted by atomic mass is 35.5. The maximum absolute atomic E-state index is 14.8. The zero-order valence-corrected chi connectivity index (χ0v) is 21.7. The molecule has 0 bridgehead atoms. The Hall–Kier alpha value is -3.24. The van der Waals surface area contributed by atoms with Crippen molar-refractivity contribution in [3.63, 3.8) is 0 Å². The van der Waals surface area contributed by atoms with Gasteiger partial charge in [-0.15, -0.1) is 0 Å². The lowest BCUT2D eigenvalue weighted by Crippen LogP contribution is -2.44. The number of hydrogen-bond donors (Lipinski definition) is 3. The molecule has 0 unspecified atom stereocenters. The average molecular weight is 528 g/mol. The third-order valence-electron chi connectivity index (χ3n) is 6.42. The van der Waals surface area contributed by atoms with E-state index in [1.54, 1.807) is 18.2 Å². The Kier molecular flexibility index (Phi) is 8.60. The molecule has 2 aromatic carbocycles. The van der Waals surface area contributed by atoms with Gasteiger partial charge in [0.1, 0.15) is 11.6 Å². The number of rotatable bonds is 9.